The van der Waals surface area contributed by atoms with E-state index in [0.717, 1.165) is 34.4 Å². The van der Waals surface area contributed by atoms with Crippen LogP contribution in [0.2, 0.25) is 0 Å². The molecule has 1 unspecified atom stereocenters. The Morgan fingerprint density at radius 1 is 1.23 bits per heavy atom. The van der Waals surface area contributed by atoms with Crippen LogP contribution in [-0.4, -0.2) is 17.8 Å². The van der Waals surface area contributed by atoms with Crippen LogP contribution in [0.5, 0.6) is 5.75 Å². The number of carbonyl (C=O) groups is 1. The standard InChI is InChI=1S/C22H27NO3/c1-6-17-13(4)20(23-22(24)25)14(5)19-18(11-26-21(17)19)16-9-7-15(8-10-16)12(2)3/h7-10,12,18,23H,6,11H2,1-5H3,(H,24,25). The van der Waals surface area contributed by atoms with Crippen LogP contribution in [-0.2, 0) is 6.42 Å². The molecule has 4 nitrogen and oxygen atoms in total. The molecule has 0 spiro atoms. The van der Waals surface area contributed by atoms with Gasteiger partial charge in [-0.25, -0.2) is 4.79 Å². The minimum atomic E-state index is -1.03. The van der Waals surface area contributed by atoms with Crippen molar-refractivity contribution in [3.8, 4) is 5.75 Å². The van der Waals surface area contributed by atoms with E-state index in [1.807, 2.05) is 13.8 Å². The maximum absolute atomic E-state index is 11.3. The van der Waals surface area contributed by atoms with Crippen molar-refractivity contribution in [3.05, 3.63) is 57.6 Å². The summed E-state index contributed by atoms with van der Waals surface area (Å²) >= 11 is 0. The first-order valence-corrected chi connectivity index (χ1v) is 9.23. The summed E-state index contributed by atoms with van der Waals surface area (Å²) in [7, 11) is 0. The summed E-state index contributed by atoms with van der Waals surface area (Å²) in [5, 5.41) is 11.9. The van der Waals surface area contributed by atoms with Crippen molar-refractivity contribution in [1.82, 2.24) is 0 Å². The zero-order valence-electron chi connectivity index (χ0n) is 16.1. The molecule has 0 aliphatic carbocycles. The Morgan fingerprint density at radius 3 is 2.42 bits per heavy atom. The van der Waals surface area contributed by atoms with Gasteiger partial charge in [-0.3, -0.25) is 5.32 Å². The summed E-state index contributed by atoms with van der Waals surface area (Å²) in [4.78, 5) is 11.3. The predicted molar refractivity (Wildman–Crippen MR) is 105 cm³/mol. The van der Waals surface area contributed by atoms with Gasteiger partial charge >= 0.3 is 6.09 Å². The molecule has 1 atom stereocenters. The lowest BCUT2D eigenvalue weighted by atomic mass is 9.85. The van der Waals surface area contributed by atoms with Gasteiger partial charge in [0.15, 0.2) is 0 Å². The fourth-order valence-electron chi connectivity index (χ4n) is 4.00. The molecule has 4 heteroatoms. The Kier molecular flexibility index (Phi) is 4.94. The lowest BCUT2D eigenvalue weighted by molar-refractivity contribution is 0.209. The van der Waals surface area contributed by atoms with Gasteiger partial charge in [0.1, 0.15) is 5.75 Å². The van der Waals surface area contributed by atoms with Crippen LogP contribution in [0.1, 0.15) is 66.0 Å². The maximum Gasteiger partial charge on any atom is 0.409 e. The molecule has 2 aromatic rings. The number of carboxylic acid groups (broad SMARTS) is 1. The second-order valence-corrected chi connectivity index (χ2v) is 7.32. The second kappa shape index (κ2) is 7.02. The van der Waals surface area contributed by atoms with Gasteiger partial charge in [-0.05, 0) is 54.0 Å². The molecule has 0 saturated heterocycles. The highest BCUT2D eigenvalue weighted by Crippen LogP contribution is 2.47. The number of rotatable bonds is 4. The number of benzene rings is 2. The SMILES string of the molecule is CCc1c(C)c(NC(=O)O)c(C)c2c1OCC2c1ccc(C(C)C)cc1. The molecule has 0 aromatic heterocycles. The number of ether oxygens (including phenoxy) is 1. The van der Waals surface area contributed by atoms with Crippen molar-refractivity contribution in [2.45, 2.75) is 52.9 Å². The molecular formula is C22H27NO3. The minimum absolute atomic E-state index is 0.131. The summed E-state index contributed by atoms with van der Waals surface area (Å²) in [6.45, 7) is 11.0. The molecule has 1 heterocycles. The lowest BCUT2D eigenvalue weighted by Gasteiger charge is -2.20. The van der Waals surface area contributed by atoms with E-state index in [2.05, 4.69) is 50.4 Å². The Labute approximate surface area is 155 Å². The van der Waals surface area contributed by atoms with E-state index >= 15 is 0 Å². The van der Waals surface area contributed by atoms with Crippen LogP contribution in [0.15, 0.2) is 24.3 Å². The van der Waals surface area contributed by atoms with Crippen LogP contribution in [0.25, 0.3) is 0 Å². The maximum atomic E-state index is 11.3. The zero-order valence-corrected chi connectivity index (χ0v) is 16.1. The molecule has 2 aromatic carbocycles. The van der Waals surface area contributed by atoms with E-state index in [9.17, 15) is 9.90 Å². The van der Waals surface area contributed by atoms with Gasteiger partial charge in [0.05, 0.1) is 12.3 Å². The molecule has 0 saturated carbocycles. The highest BCUT2D eigenvalue weighted by Gasteiger charge is 2.32. The fourth-order valence-corrected chi connectivity index (χ4v) is 4.00. The Bertz CT molecular complexity index is 838. The highest BCUT2D eigenvalue weighted by atomic mass is 16.5. The summed E-state index contributed by atoms with van der Waals surface area (Å²) in [6, 6.07) is 8.71. The van der Waals surface area contributed by atoms with Crippen molar-refractivity contribution >= 4 is 11.8 Å². The monoisotopic (exact) mass is 353 g/mol. The summed E-state index contributed by atoms with van der Waals surface area (Å²) in [5.41, 5.74) is 7.36. The van der Waals surface area contributed by atoms with Crippen molar-refractivity contribution in [2.24, 2.45) is 0 Å². The van der Waals surface area contributed by atoms with E-state index in [0.29, 0.717) is 18.2 Å². The van der Waals surface area contributed by atoms with Gasteiger partial charge < -0.3 is 9.84 Å². The molecule has 1 amide bonds. The molecule has 1 aliphatic rings. The summed E-state index contributed by atoms with van der Waals surface area (Å²) in [6.07, 6.45) is -0.225. The topological polar surface area (TPSA) is 58.6 Å². The van der Waals surface area contributed by atoms with Crippen LogP contribution in [0.4, 0.5) is 10.5 Å². The van der Waals surface area contributed by atoms with Gasteiger partial charge in [0.2, 0.25) is 0 Å². The van der Waals surface area contributed by atoms with Crippen molar-refractivity contribution in [2.75, 3.05) is 11.9 Å². The van der Waals surface area contributed by atoms with E-state index in [1.54, 1.807) is 0 Å². The molecule has 138 valence electrons. The molecule has 3 rings (SSSR count). The average molecular weight is 353 g/mol. The quantitative estimate of drug-likeness (QED) is 0.752. The number of nitrogens with one attached hydrogen (secondary N) is 1. The zero-order chi connectivity index (χ0) is 19.0. The number of hydrogen-bond donors (Lipinski definition) is 2. The number of anilines is 1. The van der Waals surface area contributed by atoms with Gasteiger partial charge in [-0.2, -0.15) is 0 Å². The Balaban J connectivity index is 2.12. The third kappa shape index (κ3) is 3.05. The smallest absolute Gasteiger partial charge is 0.409 e. The van der Waals surface area contributed by atoms with Crippen LogP contribution in [0.3, 0.4) is 0 Å². The molecule has 0 bridgehead atoms. The van der Waals surface area contributed by atoms with E-state index in [4.69, 9.17) is 4.74 Å². The first kappa shape index (κ1) is 18.3. The van der Waals surface area contributed by atoms with E-state index < -0.39 is 6.09 Å². The normalized spacial score (nSPS) is 15.7. The van der Waals surface area contributed by atoms with Crippen molar-refractivity contribution in [1.29, 1.82) is 0 Å². The second-order valence-electron chi connectivity index (χ2n) is 7.32. The van der Waals surface area contributed by atoms with Crippen molar-refractivity contribution < 1.29 is 14.6 Å². The van der Waals surface area contributed by atoms with Crippen LogP contribution >= 0.6 is 0 Å². The molecule has 1 aliphatic heterocycles. The van der Waals surface area contributed by atoms with E-state index in [1.165, 1.54) is 11.1 Å². The lowest BCUT2D eigenvalue weighted by Crippen LogP contribution is -2.13. The first-order valence-electron chi connectivity index (χ1n) is 9.23. The van der Waals surface area contributed by atoms with Gasteiger partial charge in [0.25, 0.3) is 0 Å². The molecule has 0 radical (unpaired) electrons. The number of fused-ring (bicyclic) bond motifs is 1. The largest absolute Gasteiger partial charge is 0.492 e. The first-order chi connectivity index (χ1) is 12.3. The van der Waals surface area contributed by atoms with Crippen molar-refractivity contribution in [3.63, 3.8) is 0 Å². The molecule has 0 fully saturated rings. The fraction of sp³-hybridized carbons (Fsp3) is 0.409. The number of hydrogen-bond acceptors (Lipinski definition) is 2. The number of amides is 1. The predicted octanol–water partition coefficient (Wildman–Crippen LogP) is 5.60. The van der Waals surface area contributed by atoms with Crippen LogP contribution in [0, 0.1) is 13.8 Å². The Morgan fingerprint density at radius 2 is 1.88 bits per heavy atom. The minimum Gasteiger partial charge on any atom is -0.492 e. The summed E-state index contributed by atoms with van der Waals surface area (Å²) in [5.74, 6) is 1.57. The molecule has 26 heavy (non-hydrogen) atoms. The molecular weight excluding hydrogens is 326 g/mol. The van der Waals surface area contributed by atoms with Gasteiger partial charge in [-0.15, -0.1) is 0 Å². The third-order valence-electron chi connectivity index (χ3n) is 5.46. The highest BCUT2D eigenvalue weighted by molar-refractivity contribution is 5.87. The van der Waals surface area contributed by atoms with Gasteiger partial charge in [-0.1, -0.05) is 45.0 Å². The van der Waals surface area contributed by atoms with Crippen LogP contribution < -0.4 is 10.1 Å². The Hall–Kier alpha value is -2.49. The average Bonchev–Trinajstić information content (AvgIpc) is 3.04. The van der Waals surface area contributed by atoms with E-state index in [-0.39, 0.29) is 5.92 Å². The molecule has 2 N–H and O–H groups in total. The third-order valence-corrected chi connectivity index (χ3v) is 5.46. The van der Waals surface area contributed by atoms with Gasteiger partial charge in [0, 0.05) is 11.5 Å². The summed E-state index contributed by atoms with van der Waals surface area (Å²) < 4.78 is 6.11.